The van der Waals surface area contributed by atoms with E-state index in [-0.39, 0.29) is 26.1 Å². The molecule has 0 aromatic heterocycles. The molecule has 0 radical (unpaired) electrons. The fourth-order valence-electron chi connectivity index (χ4n) is 0.949. The molecule has 0 aliphatic heterocycles. The average Bonchev–Trinajstić information content (AvgIpc) is 2.03. The minimum Gasteiger partial charge on any atom is -0.481 e. The van der Waals surface area contributed by atoms with Gasteiger partial charge >= 0.3 is 5.97 Å². The summed E-state index contributed by atoms with van der Waals surface area (Å²) >= 11 is 0. The molecule has 0 aliphatic rings. The lowest BCUT2D eigenvalue weighted by atomic mass is 10.2. The zero-order chi connectivity index (χ0) is 11.0. The van der Waals surface area contributed by atoms with Crippen molar-refractivity contribution in [3.05, 3.63) is 0 Å². The standard InChI is InChI=1S/C8H11N3O3/c9-1-3-11(4-2-10)6-7(12)5-8(13)14/h7,12H,3-6H2,(H,13,14). The first-order chi connectivity index (χ1) is 6.60. The molecule has 6 heteroatoms. The molecule has 1 atom stereocenters. The van der Waals surface area contributed by atoms with Gasteiger partial charge in [-0.1, -0.05) is 0 Å². The van der Waals surface area contributed by atoms with E-state index in [4.69, 9.17) is 15.6 Å². The second-order valence-corrected chi connectivity index (χ2v) is 2.74. The minimum absolute atomic E-state index is 0.00421. The molecule has 0 saturated carbocycles. The smallest absolute Gasteiger partial charge is 0.306 e. The number of carboxylic acids is 1. The van der Waals surface area contributed by atoms with E-state index in [2.05, 4.69) is 0 Å². The summed E-state index contributed by atoms with van der Waals surface area (Å²) in [7, 11) is 0. The van der Waals surface area contributed by atoms with Crippen LogP contribution in [0.25, 0.3) is 0 Å². The van der Waals surface area contributed by atoms with Crippen LogP contribution in [0.4, 0.5) is 0 Å². The third kappa shape index (κ3) is 5.95. The Hall–Kier alpha value is -1.63. The Morgan fingerprint density at radius 1 is 1.36 bits per heavy atom. The first-order valence-corrected chi connectivity index (χ1v) is 3.96. The van der Waals surface area contributed by atoms with E-state index in [9.17, 15) is 9.90 Å². The van der Waals surface area contributed by atoms with Crippen molar-refractivity contribution < 1.29 is 15.0 Å². The van der Waals surface area contributed by atoms with Gasteiger partial charge in [-0.3, -0.25) is 9.69 Å². The van der Waals surface area contributed by atoms with Gasteiger partial charge in [0.05, 0.1) is 37.8 Å². The summed E-state index contributed by atoms with van der Waals surface area (Å²) in [5, 5.41) is 34.3. The van der Waals surface area contributed by atoms with Crippen LogP contribution in [0, 0.1) is 22.7 Å². The molecular weight excluding hydrogens is 186 g/mol. The fourth-order valence-corrected chi connectivity index (χ4v) is 0.949. The first-order valence-electron chi connectivity index (χ1n) is 3.96. The van der Waals surface area contributed by atoms with Crippen LogP contribution < -0.4 is 0 Å². The van der Waals surface area contributed by atoms with Crippen LogP contribution in [0.5, 0.6) is 0 Å². The van der Waals surface area contributed by atoms with Crippen molar-refractivity contribution in [2.45, 2.75) is 12.5 Å². The van der Waals surface area contributed by atoms with Gasteiger partial charge in [-0.05, 0) is 0 Å². The summed E-state index contributed by atoms with van der Waals surface area (Å²) in [6.07, 6.45) is -1.43. The van der Waals surface area contributed by atoms with Gasteiger partial charge < -0.3 is 10.2 Å². The van der Waals surface area contributed by atoms with Gasteiger partial charge in [-0.25, -0.2) is 0 Å². The third-order valence-corrected chi connectivity index (χ3v) is 1.47. The number of nitrogens with zero attached hydrogens (tertiary/aromatic N) is 3. The summed E-state index contributed by atoms with van der Waals surface area (Å²) in [5.74, 6) is -1.11. The molecule has 76 valence electrons. The maximum absolute atomic E-state index is 10.2. The molecule has 6 nitrogen and oxygen atoms in total. The van der Waals surface area contributed by atoms with E-state index in [1.807, 2.05) is 12.1 Å². The van der Waals surface area contributed by atoms with Crippen LogP contribution in [-0.4, -0.2) is 46.8 Å². The molecule has 0 aromatic rings. The Balaban J connectivity index is 3.97. The number of nitriles is 2. The average molecular weight is 197 g/mol. The highest BCUT2D eigenvalue weighted by Crippen LogP contribution is 1.96. The van der Waals surface area contributed by atoms with Gasteiger partial charge in [0.15, 0.2) is 0 Å². The Labute approximate surface area is 81.6 Å². The molecule has 0 aliphatic carbocycles. The topological polar surface area (TPSA) is 108 Å². The van der Waals surface area contributed by atoms with Crippen LogP contribution in [0.2, 0.25) is 0 Å². The monoisotopic (exact) mass is 197 g/mol. The number of aliphatic carboxylic acids is 1. The van der Waals surface area contributed by atoms with Crippen molar-refractivity contribution in [3.8, 4) is 12.1 Å². The van der Waals surface area contributed by atoms with E-state index in [1.54, 1.807) is 0 Å². The Kier molecular flexibility index (Phi) is 6.04. The molecule has 0 amide bonds. The number of hydrogen-bond donors (Lipinski definition) is 2. The van der Waals surface area contributed by atoms with Gasteiger partial charge in [-0.15, -0.1) is 0 Å². The molecular formula is C8H11N3O3. The second kappa shape index (κ2) is 6.84. The largest absolute Gasteiger partial charge is 0.481 e. The SMILES string of the molecule is N#CCN(CC#N)CC(O)CC(=O)O. The number of aliphatic hydroxyl groups excluding tert-OH is 1. The van der Waals surface area contributed by atoms with E-state index in [1.165, 1.54) is 4.90 Å². The van der Waals surface area contributed by atoms with Crippen molar-refractivity contribution in [2.75, 3.05) is 19.6 Å². The molecule has 0 bridgehead atoms. The van der Waals surface area contributed by atoms with Gasteiger partial charge in [0.1, 0.15) is 0 Å². The molecule has 1 unspecified atom stereocenters. The van der Waals surface area contributed by atoms with Crippen molar-refractivity contribution in [1.82, 2.24) is 4.90 Å². The van der Waals surface area contributed by atoms with Crippen LogP contribution >= 0.6 is 0 Å². The molecule has 0 saturated heterocycles. The molecule has 0 aromatic carbocycles. The van der Waals surface area contributed by atoms with E-state index in [0.717, 1.165) is 0 Å². The summed E-state index contributed by atoms with van der Waals surface area (Å²) in [6, 6.07) is 3.66. The maximum Gasteiger partial charge on any atom is 0.306 e. The van der Waals surface area contributed by atoms with Crippen LogP contribution in [0.1, 0.15) is 6.42 Å². The van der Waals surface area contributed by atoms with E-state index in [0.29, 0.717) is 0 Å². The van der Waals surface area contributed by atoms with Gasteiger partial charge in [0, 0.05) is 6.54 Å². The van der Waals surface area contributed by atoms with Crippen molar-refractivity contribution >= 4 is 5.97 Å². The highest BCUT2D eigenvalue weighted by atomic mass is 16.4. The summed E-state index contributed by atoms with van der Waals surface area (Å²) < 4.78 is 0. The van der Waals surface area contributed by atoms with E-state index < -0.39 is 12.1 Å². The lowest BCUT2D eigenvalue weighted by Gasteiger charge is -2.18. The fraction of sp³-hybridized carbons (Fsp3) is 0.625. The summed E-state index contributed by atoms with van der Waals surface area (Å²) in [4.78, 5) is 11.6. The van der Waals surface area contributed by atoms with Gasteiger partial charge in [0.2, 0.25) is 0 Å². The highest BCUT2D eigenvalue weighted by molar-refractivity contribution is 5.67. The van der Waals surface area contributed by atoms with E-state index >= 15 is 0 Å². The van der Waals surface area contributed by atoms with Crippen molar-refractivity contribution in [2.24, 2.45) is 0 Å². The number of aliphatic hydroxyl groups is 1. The molecule has 0 fully saturated rings. The number of rotatable bonds is 6. The Morgan fingerprint density at radius 2 is 1.86 bits per heavy atom. The summed E-state index contributed by atoms with van der Waals surface area (Å²) in [5.41, 5.74) is 0. The molecule has 14 heavy (non-hydrogen) atoms. The van der Waals surface area contributed by atoms with Crippen LogP contribution in [0.15, 0.2) is 0 Å². The third-order valence-electron chi connectivity index (χ3n) is 1.47. The molecule has 0 rings (SSSR count). The number of hydrogen-bond acceptors (Lipinski definition) is 5. The number of carboxylic acid groups (broad SMARTS) is 1. The molecule has 0 spiro atoms. The maximum atomic E-state index is 10.2. The van der Waals surface area contributed by atoms with Crippen LogP contribution in [-0.2, 0) is 4.79 Å². The minimum atomic E-state index is -1.11. The Morgan fingerprint density at radius 3 is 2.21 bits per heavy atom. The van der Waals surface area contributed by atoms with Crippen molar-refractivity contribution in [3.63, 3.8) is 0 Å². The molecule has 2 N–H and O–H groups in total. The predicted molar refractivity (Wildman–Crippen MR) is 45.9 cm³/mol. The van der Waals surface area contributed by atoms with Gasteiger partial charge in [-0.2, -0.15) is 10.5 Å². The lowest BCUT2D eigenvalue weighted by Crippen LogP contribution is -2.34. The Bertz CT molecular complexity index is 250. The second-order valence-electron chi connectivity index (χ2n) is 2.74. The first kappa shape index (κ1) is 12.4. The quantitative estimate of drug-likeness (QED) is 0.538. The zero-order valence-electron chi connectivity index (χ0n) is 7.55. The lowest BCUT2D eigenvalue weighted by molar-refractivity contribution is -0.139. The van der Waals surface area contributed by atoms with Crippen molar-refractivity contribution in [1.29, 1.82) is 10.5 Å². The van der Waals surface area contributed by atoms with Crippen LogP contribution in [0.3, 0.4) is 0 Å². The van der Waals surface area contributed by atoms with Gasteiger partial charge in [0.25, 0.3) is 0 Å². The summed E-state index contributed by atoms with van der Waals surface area (Å²) in [6.45, 7) is 0.0297. The normalized spacial score (nSPS) is 11.7. The number of carbonyl (C=O) groups is 1. The molecule has 0 heterocycles. The predicted octanol–water partition coefficient (Wildman–Crippen LogP) is -0.829. The highest BCUT2D eigenvalue weighted by Gasteiger charge is 2.14. The zero-order valence-corrected chi connectivity index (χ0v) is 7.55.